The summed E-state index contributed by atoms with van der Waals surface area (Å²) in [5, 5.41) is 3.09. The molecule has 0 bridgehead atoms. The summed E-state index contributed by atoms with van der Waals surface area (Å²) in [5.41, 5.74) is 6.82. The Labute approximate surface area is 311 Å². The lowest BCUT2D eigenvalue weighted by molar-refractivity contribution is -0.156. The number of ketones is 4. The number of benzene rings is 2. The van der Waals surface area contributed by atoms with Gasteiger partial charge in [0.15, 0.2) is 5.78 Å². The van der Waals surface area contributed by atoms with Crippen LogP contribution in [0.4, 0.5) is 0 Å². The highest BCUT2D eigenvalue weighted by atomic mass is 16.6. The Kier molecular flexibility index (Phi) is 23.5. The van der Waals surface area contributed by atoms with E-state index in [1.165, 1.54) is 25.5 Å². The second-order valence-corrected chi connectivity index (χ2v) is 14.5. The molecule has 0 radical (unpaired) electrons. The van der Waals surface area contributed by atoms with Gasteiger partial charge in [0.1, 0.15) is 28.6 Å². The lowest BCUT2D eigenvalue weighted by atomic mass is 10.0. The molecule has 0 amide bonds. The van der Waals surface area contributed by atoms with Crippen LogP contribution in [0.1, 0.15) is 111 Å². The van der Waals surface area contributed by atoms with Gasteiger partial charge in [-0.25, -0.2) is 0 Å². The van der Waals surface area contributed by atoms with E-state index in [1.54, 1.807) is 20.8 Å². The predicted molar refractivity (Wildman–Crippen MR) is 206 cm³/mol. The van der Waals surface area contributed by atoms with Gasteiger partial charge in [-0.2, -0.15) is 0 Å². The first-order valence-electron chi connectivity index (χ1n) is 17.9. The first kappa shape index (κ1) is 47.7. The monoisotopic (exact) mass is 722 g/mol. The van der Waals surface area contributed by atoms with Crippen LogP contribution < -0.4 is 11.1 Å². The number of allylic oxidation sites excluding steroid dienone is 1. The zero-order chi connectivity index (χ0) is 39.7. The molecule has 10 heteroatoms. The van der Waals surface area contributed by atoms with Gasteiger partial charge in [0.2, 0.25) is 0 Å². The molecule has 288 valence electrons. The van der Waals surface area contributed by atoms with Crippen molar-refractivity contribution < 1.29 is 38.2 Å². The smallest absolute Gasteiger partial charge is 0.306 e. The molecule has 2 rings (SSSR count). The van der Waals surface area contributed by atoms with Gasteiger partial charge >= 0.3 is 11.9 Å². The number of Topliss-reactive ketones (excluding diaryl/α,β-unsaturated/α-hetero) is 3. The second-order valence-electron chi connectivity index (χ2n) is 14.5. The summed E-state index contributed by atoms with van der Waals surface area (Å²) >= 11 is 0. The van der Waals surface area contributed by atoms with E-state index in [2.05, 4.69) is 11.9 Å². The molecule has 0 saturated carbocycles. The second kappa shape index (κ2) is 25.6. The molecule has 0 aromatic heterocycles. The molecular weight excluding hydrogens is 660 g/mol. The Bertz CT molecular complexity index is 1390. The molecule has 2 atom stereocenters. The third-order valence-electron chi connectivity index (χ3n) is 7.21. The highest BCUT2D eigenvalue weighted by molar-refractivity contribution is 5.89. The Morgan fingerprint density at radius 3 is 1.52 bits per heavy atom. The molecule has 3 N–H and O–H groups in total. The van der Waals surface area contributed by atoms with Gasteiger partial charge in [-0.1, -0.05) is 67.2 Å². The number of nitrogens with one attached hydrogen (secondary N) is 1. The molecule has 0 heterocycles. The van der Waals surface area contributed by atoms with E-state index in [-0.39, 0.29) is 47.9 Å². The van der Waals surface area contributed by atoms with Gasteiger partial charge in [0, 0.05) is 38.6 Å². The molecule has 0 aliphatic carbocycles. The van der Waals surface area contributed by atoms with E-state index < -0.39 is 23.3 Å². The molecule has 0 aliphatic rings. The van der Waals surface area contributed by atoms with Crippen LogP contribution in [0.5, 0.6) is 0 Å². The number of ether oxygens (including phenoxy) is 2. The standard InChI is InChI=1S/C21H31NO4.C11H12O.C10H19NO3/c1-16(23)19(12-13-20(25)26-21(2,3)4)22-15-14-18(24)11-10-17-8-6-5-7-9-17;1-2-11(12)9-8-10-6-4-3-5-7-10;1-7(12)8(11)5-6-9(13)14-10(2,3)4/h5-9,19,22H,10-15H2,1-4H3;2-7H,1,8-9H2;8H,5-6,11H2,1-4H3/t19-;;8-/m1.1/s1. The SMILES string of the molecule is C=CC(=O)CCc1ccccc1.CC(=O)[C@@H](CCC(=O)OC(C)(C)C)NCCC(=O)CCc1ccccc1.CC(=O)[C@H](N)CCC(=O)OC(C)(C)C. The molecule has 0 fully saturated rings. The van der Waals surface area contributed by atoms with E-state index in [9.17, 15) is 28.8 Å². The zero-order valence-corrected chi connectivity index (χ0v) is 32.6. The molecule has 2 aromatic carbocycles. The van der Waals surface area contributed by atoms with Crippen molar-refractivity contribution in [3.05, 3.63) is 84.4 Å². The van der Waals surface area contributed by atoms with Crippen molar-refractivity contribution in [2.45, 2.75) is 136 Å². The number of aryl methyl sites for hydroxylation is 2. The number of esters is 2. The number of nitrogens with two attached hydrogens (primary N) is 1. The van der Waals surface area contributed by atoms with Gasteiger partial charge in [-0.3, -0.25) is 28.8 Å². The molecule has 0 saturated heterocycles. The van der Waals surface area contributed by atoms with E-state index in [0.29, 0.717) is 38.6 Å². The maximum atomic E-state index is 12.0. The van der Waals surface area contributed by atoms with Crippen LogP contribution in [-0.4, -0.2) is 64.9 Å². The van der Waals surface area contributed by atoms with Crippen LogP contribution in [0.25, 0.3) is 0 Å². The molecular formula is C42H62N2O8. The number of carbonyl (C=O) groups excluding carboxylic acids is 6. The topological polar surface area (TPSA) is 159 Å². The minimum absolute atomic E-state index is 0.0368. The van der Waals surface area contributed by atoms with Gasteiger partial charge in [-0.05, 0) is 98.3 Å². The minimum Gasteiger partial charge on any atom is -0.460 e. The van der Waals surface area contributed by atoms with Gasteiger partial charge < -0.3 is 20.5 Å². The fraction of sp³-hybridized carbons (Fsp3) is 0.524. The van der Waals surface area contributed by atoms with Crippen molar-refractivity contribution in [2.24, 2.45) is 5.73 Å². The first-order valence-corrected chi connectivity index (χ1v) is 17.9. The van der Waals surface area contributed by atoms with Crippen molar-refractivity contribution in [2.75, 3.05) is 6.54 Å². The number of hydrogen-bond acceptors (Lipinski definition) is 10. The summed E-state index contributed by atoms with van der Waals surface area (Å²) in [6, 6.07) is 18.9. The molecule has 0 spiro atoms. The van der Waals surface area contributed by atoms with Gasteiger partial charge in [-0.15, -0.1) is 0 Å². The lowest BCUT2D eigenvalue weighted by Crippen LogP contribution is -2.37. The summed E-state index contributed by atoms with van der Waals surface area (Å²) < 4.78 is 10.3. The largest absolute Gasteiger partial charge is 0.460 e. The molecule has 2 aromatic rings. The predicted octanol–water partition coefficient (Wildman–Crippen LogP) is 6.65. The van der Waals surface area contributed by atoms with E-state index in [0.717, 1.165) is 18.4 Å². The first-order chi connectivity index (χ1) is 24.2. The summed E-state index contributed by atoms with van der Waals surface area (Å²) in [6.07, 6.45) is 5.45. The Balaban J connectivity index is 0.000000837. The lowest BCUT2D eigenvalue weighted by Gasteiger charge is -2.21. The van der Waals surface area contributed by atoms with Crippen molar-refractivity contribution in [1.29, 1.82) is 0 Å². The van der Waals surface area contributed by atoms with Crippen LogP contribution in [0, 0.1) is 0 Å². The average Bonchev–Trinajstić information content (AvgIpc) is 3.06. The van der Waals surface area contributed by atoms with E-state index in [4.69, 9.17) is 15.2 Å². The third kappa shape index (κ3) is 27.4. The van der Waals surface area contributed by atoms with Crippen molar-refractivity contribution in [1.82, 2.24) is 5.32 Å². The van der Waals surface area contributed by atoms with Crippen LogP contribution in [-0.2, 0) is 51.1 Å². The van der Waals surface area contributed by atoms with Gasteiger partial charge in [0.25, 0.3) is 0 Å². The minimum atomic E-state index is -0.553. The fourth-order valence-corrected chi connectivity index (χ4v) is 4.43. The summed E-state index contributed by atoms with van der Waals surface area (Å²) in [5.74, 6) is -0.493. The van der Waals surface area contributed by atoms with Crippen LogP contribution in [0.15, 0.2) is 73.3 Å². The third-order valence-corrected chi connectivity index (χ3v) is 7.21. The van der Waals surface area contributed by atoms with Gasteiger partial charge in [0.05, 0.1) is 12.1 Å². The fourth-order valence-electron chi connectivity index (χ4n) is 4.43. The van der Waals surface area contributed by atoms with Crippen molar-refractivity contribution in [3.8, 4) is 0 Å². The maximum absolute atomic E-state index is 12.0. The molecule has 0 unspecified atom stereocenters. The Hall–Kier alpha value is -4.28. The van der Waals surface area contributed by atoms with Crippen LogP contribution >= 0.6 is 0 Å². The van der Waals surface area contributed by atoms with Crippen LogP contribution in [0.3, 0.4) is 0 Å². The van der Waals surface area contributed by atoms with Crippen molar-refractivity contribution in [3.63, 3.8) is 0 Å². The Morgan fingerprint density at radius 2 is 1.12 bits per heavy atom. The summed E-state index contributed by atoms with van der Waals surface area (Å²) in [6.45, 7) is 17.6. The number of rotatable bonds is 19. The maximum Gasteiger partial charge on any atom is 0.306 e. The quantitative estimate of drug-likeness (QED) is 0.119. The number of hydrogen-bond donors (Lipinski definition) is 2. The summed E-state index contributed by atoms with van der Waals surface area (Å²) in [4.78, 5) is 68.3. The highest BCUT2D eigenvalue weighted by Gasteiger charge is 2.20. The zero-order valence-electron chi connectivity index (χ0n) is 32.6. The number of carbonyl (C=O) groups is 6. The normalized spacial score (nSPS) is 12.0. The van der Waals surface area contributed by atoms with E-state index in [1.807, 2.05) is 81.4 Å². The highest BCUT2D eigenvalue weighted by Crippen LogP contribution is 2.12. The Morgan fingerprint density at radius 1 is 0.673 bits per heavy atom. The molecule has 10 nitrogen and oxygen atoms in total. The molecule has 52 heavy (non-hydrogen) atoms. The average molecular weight is 723 g/mol. The van der Waals surface area contributed by atoms with Crippen LogP contribution in [0.2, 0.25) is 0 Å². The van der Waals surface area contributed by atoms with Crippen molar-refractivity contribution >= 4 is 35.1 Å². The summed E-state index contributed by atoms with van der Waals surface area (Å²) in [7, 11) is 0. The molecule has 0 aliphatic heterocycles. The van der Waals surface area contributed by atoms with E-state index >= 15 is 0 Å².